The normalized spacial score (nSPS) is 15.1. The van der Waals surface area contributed by atoms with Crippen LogP contribution in [-0.4, -0.2) is 24.5 Å². The molecule has 1 aliphatic rings. The maximum atomic E-state index is 9.32. The molecule has 0 aromatic heterocycles. The first kappa shape index (κ1) is 12.0. The second-order valence-electron chi connectivity index (χ2n) is 4.70. The van der Waals surface area contributed by atoms with Crippen molar-refractivity contribution >= 4 is 5.69 Å². The van der Waals surface area contributed by atoms with Crippen molar-refractivity contribution in [2.24, 2.45) is 5.92 Å². The Morgan fingerprint density at radius 3 is 2.53 bits per heavy atom. The average Bonchev–Trinajstić information content (AvgIpc) is 2.72. The number of aryl methyl sites for hydroxylation is 1. The quantitative estimate of drug-likeness (QED) is 0.842. The summed E-state index contributed by atoms with van der Waals surface area (Å²) in [6.07, 6.45) is 0. The number of nitrogens with one attached hydrogen (secondary N) is 1. The van der Waals surface area contributed by atoms with Crippen LogP contribution in [0, 0.1) is 12.8 Å². The van der Waals surface area contributed by atoms with E-state index in [9.17, 15) is 5.11 Å². The molecule has 0 spiro atoms. The zero-order chi connectivity index (χ0) is 12.4. The maximum absolute atomic E-state index is 9.32. The van der Waals surface area contributed by atoms with E-state index in [-0.39, 0.29) is 19.4 Å². The second kappa shape index (κ2) is 4.84. The molecular weight excluding hydrogens is 218 g/mol. The van der Waals surface area contributed by atoms with Crippen molar-refractivity contribution in [1.29, 1.82) is 0 Å². The first-order valence-corrected chi connectivity index (χ1v) is 5.89. The van der Waals surface area contributed by atoms with Gasteiger partial charge >= 0.3 is 0 Å². The highest BCUT2D eigenvalue weighted by molar-refractivity contribution is 5.61. The van der Waals surface area contributed by atoms with E-state index in [2.05, 4.69) is 19.2 Å². The average molecular weight is 237 g/mol. The van der Waals surface area contributed by atoms with Gasteiger partial charge in [-0.3, -0.25) is 0 Å². The van der Waals surface area contributed by atoms with Crippen LogP contribution in [0.25, 0.3) is 0 Å². The highest BCUT2D eigenvalue weighted by Gasteiger charge is 2.18. The lowest BCUT2D eigenvalue weighted by Crippen LogP contribution is -2.29. The van der Waals surface area contributed by atoms with E-state index < -0.39 is 0 Å². The summed E-state index contributed by atoms with van der Waals surface area (Å²) in [6, 6.07) is 3.94. The minimum Gasteiger partial charge on any atom is -0.454 e. The van der Waals surface area contributed by atoms with Gasteiger partial charge in [0.2, 0.25) is 6.79 Å². The molecule has 2 N–H and O–H groups in total. The Hall–Kier alpha value is -1.42. The molecule has 0 amide bonds. The molecule has 0 bridgehead atoms. The molecule has 0 fully saturated rings. The Kier molecular flexibility index (Phi) is 3.43. The minimum atomic E-state index is 0.0501. The predicted molar refractivity (Wildman–Crippen MR) is 66.6 cm³/mol. The third-order valence-corrected chi connectivity index (χ3v) is 3.06. The Morgan fingerprint density at radius 1 is 1.29 bits per heavy atom. The van der Waals surface area contributed by atoms with Crippen LogP contribution in [0.3, 0.4) is 0 Å². The van der Waals surface area contributed by atoms with Crippen molar-refractivity contribution in [1.82, 2.24) is 0 Å². The Labute approximate surface area is 102 Å². The fourth-order valence-corrected chi connectivity index (χ4v) is 1.82. The van der Waals surface area contributed by atoms with Gasteiger partial charge in [-0.25, -0.2) is 0 Å². The number of rotatable bonds is 4. The number of fused-ring (bicyclic) bond motifs is 1. The smallest absolute Gasteiger partial charge is 0.231 e. The van der Waals surface area contributed by atoms with Crippen molar-refractivity contribution in [3.8, 4) is 11.5 Å². The van der Waals surface area contributed by atoms with E-state index in [1.165, 1.54) is 0 Å². The van der Waals surface area contributed by atoms with Crippen LogP contribution < -0.4 is 14.8 Å². The van der Waals surface area contributed by atoms with Gasteiger partial charge in [-0.1, -0.05) is 13.8 Å². The molecule has 0 aliphatic carbocycles. The molecule has 0 radical (unpaired) electrons. The van der Waals surface area contributed by atoms with Gasteiger partial charge < -0.3 is 19.9 Å². The van der Waals surface area contributed by atoms with Gasteiger partial charge in [0.25, 0.3) is 0 Å². The summed E-state index contributed by atoms with van der Waals surface area (Å²) in [7, 11) is 0. The van der Waals surface area contributed by atoms with Crippen molar-refractivity contribution in [3.05, 3.63) is 17.7 Å². The van der Waals surface area contributed by atoms with Crippen LogP contribution in [0.4, 0.5) is 5.69 Å². The molecule has 2 rings (SSSR count). The van der Waals surface area contributed by atoms with Crippen molar-refractivity contribution in [2.75, 3.05) is 18.7 Å². The van der Waals surface area contributed by atoms with Crippen molar-refractivity contribution < 1.29 is 14.6 Å². The van der Waals surface area contributed by atoms with Gasteiger partial charge in [0.05, 0.1) is 12.6 Å². The maximum Gasteiger partial charge on any atom is 0.231 e. The second-order valence-corrected chi connectivity index (χ2v) is 4.70. The Bertz CT molecular complexity index is 404. The summed E-state index contributed by atoms with van der Waals surface area (Å²) in [6.45, 7) is 6.57. The molecule has 1 unspecified atom stereocenters. The summed E-state index contributed by atoms with van der Waals surface area (Å²) < 4.78 is 10.7. The third kappa shape index (κ3) is 2.47. The molecule has 1 heterocycles. The number of hydrogen-bond acceptors (Lipinski definition) is 4. The highest BCUT2D eigenvalue weighted by atomic mass is 16.7. The summed E-state index contributed by atoms with van der Waals surface area (Å²) in [5, 5.41) is 12.7. The van der Waals surface area contributed by atoms with E-state index in [0.29, 0.717) is 5.92 Å². The lowest BCUT2D eigenvalue weighted by Gasteiger charge is -2.22. The lowest BCUT2D eigenvalue weighted by atomic mass is 10.0. The zero-order valence-corrected chi connectivity index (χ0v) is 10.5. The van der Waals surface area contributed by atoms with E-state index in [0.717, 1.165) is 22.7 Å². The van der Waals surface area contributed by atoms with Crippen LogP contribution >= 0.6 is 0 Å². The molecule has 0 saturated heterocycles. The van der Waals surface area contributed by atoms with Crippen molar-refractivity contribution in [3.63, 3.8) is 0 Å². The number of aliphatic hydroxyl groups is 1. The van der Waals surface area contributed by atoms with E-state index in [1.807, 2.05) is 19.1 Å². The molecule has 1 aromatic rings. The summed E-state index contributed by atoms with van der Waals surface area (Å²) in [5.74, 6) is 1.92. The Balaban J connectivity index is 2.21. The fraction of sp³-hybridized carbons (Fsp3) is 0.538. The molecule has 4 heteroatoms. The molecular formula is C13H19NO3. The highest BCUT2D eigenvalue weighted by Crippen LogP contribution is 2.37. The molecule has 1 atom stereocenters. The monoisotopic (exact) mass is 237 g/mol. The fourth-order valence-electron chi connectivity index (χ4n) is 1.82. The topological polar surface area (TPSA) is 50.7 Å². The standard InChI is InChI=1S/C13H19NO3/c1-8(2)11(6-15)14-10-5-13-12(4-9(10)3)16-7-17-13/h4-5,8,11,14-15H,6-7H2,1-3H3. The summed E-state index contributed by atoms with van der Waals surface area (Å²) in [4.78, 5) is 0. The lowest BCUT2D eigenvalue weighted by molar-refractivity contribution is 0.174. The van der Waals surface area contributed by atoms with Gasteiger partial charge in [-0.15, -0.1) is 0 Å². The van der Waals surface area contributed by atoms with Gasteiger partial charge in [0.15, 0.2) is 11.5 Å². The predicted octanol–water partition coefficient (Wildman–Crippen LogP) is 2.15. The number of anilines is 1. The van der Waals surface area contributed by atoms with Crippen LogP contribution in [0.5, 0.6) is 11.5 Å². The summed E-state index contributed by atoms with van der Waals surface area (Å²) >= 11 is 0. The molecule has 94 valence electrons. The van der Waals surface area contributed by atoms with Gasteiger partial charge in [-0.05, 0) is 24.5 Å². The molecule has 17 heavy (non-hydrogen) atoms. The van der Waals surface area contributed by atoms with Crippen molar-refractivity contribution in [2.45, 2.75) is 26.8 Å². The number of hydrogen-bond donors (Lipinski definition) is 2. The third-order valence-electron chi connectivity index (χ3n) is 3.06. The van der Waals surface area contributed by atoms with Gasteiger partial charge in [-0.2, -0.15) is 0 Å². The molecule has 1 aliphatic heterocycles. The largest absolute Gasteiger partial charge is 0.454 e. The van der Waals surface area contributed by atoms with E-state index in [1.54, 1.807) is 0 Å². The number of ether oxygens (including phenoxy) is 2. The molecule has 0 saturated carbocycles. The summed E-state index contributed by atoms with van der Waals surface area (Å²) in [5.41, 5.74) is 2.08. The first-order valence-electron chi connectivity index (χ1n) is 5.89. The Morgan fingerprint density at radius 2 is 1.94 bits per heavy atom. The van der Waals surface area contributed by atoms with Crippen LogP contribution in [0.15, 0.2) is 12.1 Å². The molecule has 1 aromatic carbocycles. The van der Waals surface area contributed by atoms with Gasteiger partial charge in [0, 0.05) is 11.8 Å². The zero-order valence-electron chi connectivity index (χ0n) is 10.5. The SMILES string of the molecule is Cc1cc2c(cc1NC(CO)C(C)C)OCO2. The van der Waals surface area contributed by atoms with E-state index in [4.69, 9.17) is 9.47 Å². The van der Waals surface area contributed by atoms with Gasteiger partial charge in [0.1, 0.15) is 0 Å². The van der Waals surface area contributed by atoms with Crippen LogP contribution in [0.1, 0.15) is 19.4 Å². The minimum absolute atomic E-state index is 0.0501. The number of aliphatic hydroxyl groups excluding tert-OH is 1. The number of benzene rings is 1. The van der Waals surface area contributed by atoms with E-state index >= 15 is 0 Å². The van der Waals surface area contributed by atoms with Crippen LogP contribution in [-0.2, 0) is 0 Å². The molecule has 4 nitrogen and oxygen atoms in total. The van der Waals surface area contributed by atoms with Crippen LogP contribution in [0.2, 0.25) is 0 Å². The first-order chi connectivity index (χ1) is 8.11.